The number of carbonyl (C=O) groups excluding carboxylic acids is 1. The van der Waals surface area contributed by atoms with Gasteiger partial charge in [0.2, 0.25) is 11.6 Å². The van der Waals surface area contributed by atoms with Gasteiger partial charge in [-0.05, 0) is 31.0 Å². The predicted octanol–water partition coefficient (Wildman–Crippen LogP) is 4.50. The summed E-state index contributed by atoms with van der Waals surface area (Å²) in [6.07, 6.45) is 0. The number of benzene rings is 1. The maximum absolute atomic E-state index is 12.7. The molecule has 0 aliphatic rings. The molecule has 0 atom stereocenters. The van der Waals surface area contributed by atoms with Crippen LogP contribution < -0.4 is 14.2 Å². The Kier molecular flexibility index (Phi) is 6.73. The predicted molar refractivity (Wildman–Crippen MR) is 126 cm³/mol. The lowest BCUT2D eigenvalue weighted by Crippen LogP contribution is -2.06. The molecule has 0 saturated heterocycles. The molecule has 1 aromatic carbocycles. The summed E-state index contributed by atoms with van der Waals surface area (Å²) in [5.41, 5.74) is 1.46. The summed E-state index contributed by atoms with van der Waals surface area (Å²) < 4.78 is 29.1. The number of thiophene rings is 1. The van der Waals surface area contributed by atoms with Crippen molar-refractivity contribution in [2.45, 2.75) is 33.9 Å². The molecule has 0 N–H and O–H groups in total. The van der Waals surface area contributed by atoms with E-state index in [1.807, 2.05) is 17.7 Å². The van der Waals surface area contributed by atoms with Crippen molar-refractivity contribution >= 4 is 27.5 Å². The zero-order chi connectivity index (χ0) is 24.4. The SMILES string of the molecule is COc1cc(-c2nnc(COC(=O)c3cc4c(C)nn(CC(C)C)c4s3)o2)cc(OC)c1OC. The molecule has 0 unspecified atom stereocenters. The summed E-state index contributed by atoms with van der Waals surface area (Å²) >= 11 is 1.36. The molecular weight excluding hydrogens is 460 g/mol. The van der Waals surface area contributed by atoms with E-state index in [1.54, 1.807) is 12.1 Å². The van der Waals surface area contributed by atoms with Crippen LogP contribution in [-0.2, 0) is 17.9 Å². The first-order valence-electron chi connectivity index (χ1n) is 10.6. The minimum Gasteiger partial charge on any atom is -0.493 e. The Morgan fingerprint density at radius 3 is 2.41 bits per heavy atom. The number of esters is 1. The van der Waals surface area contributed by atoms with Gasteiger partial charge < -0.3 is 23.4 Å². The highest BCUT2D eigenvalue weighted by atomic mass is 32.1. The van der Waals surface area contributed by atoms with Gasteiger partial charge in [-0.2, -0.15) is 5.10 Å². The number of aromatic nitrogens is 4. The van der Waals surface area contributed by atoms with Crippen LogP contribution in [0.3, 0.4) is 0 Å². The zero-order valence-corrected chi connectivity index (χ0v) is 20.7. The summed E-state index contributed by atoms with van der Waals surface area (Å²) in [5.74, 6) is 1.76. The molecule has 0 amide bonds. The fraction of sp³-hybridized carbons (Fsp3) is 0.391. The summed E-state index contributed by atoms with van der Waals surface area (Å²) in [5, 5.41) is 13.6. The molecule has 0 fully saturated rings. The molecule has 3 aromatic heterocycles. The number of fused-ring (bicyclic) bond motifs is 1. The average Bonchev–Trinajstić information content (AvgIpc) is 3.54. The van der Waals surface area contributed by atoms with Gasteiger partial charge in [0.15, 0.2) is 18.1 Å². The molecule has 0 spiro atoms. The molecule has 11 heteroatoms. The van der Waals surface area contributed by atoms with Crippen molar-refractivity contribution in [1.82, 2.24) is 20.0 Å². The van der Waals surface area contributed by atoms with Crippen LogP contribution in [0.15, 0.2) is 22.6 Å². The highest BCUT2D eigenvalue weighted by Gasteiger charge is 2.20. The number of ether oxygens (including phenoxy) is 4. The van der Waals surface area contributed by atoms with Crippen molar-refractivity contribution < 1.29 is 28.2 Å². The Hall–Kier alpha value is -3.60. The van der Waals surface area contributed by atoms with E-state index in [4.69, 9.17) is 23.4 Å². The standard InChI is InChI=1S/C23H26N4O6S/c1-12(2)10-27-22-15(13(3)26-27)9-18(34-22)23(28)32-11-19-24-25-21(33-19)14-7-16(29-4)20(31-6)17(8-14)30-5/h7-9,12H,10-11H2,1-6H3. The van der Waals surface area contributed by atoms with E-state index in [-0.39, 0.29) is 18.4 Å². The number of hydrogen-bond acceptors (Lipinski definition) is 10. The Balaban J connectivity index is 1.49. The molecule has 3 heterocycles. The second kappa shape index (κ2) is 9.72. The normalized spacial score (nSPS) is 11.3. The van der Waals surface area contributed by atoms with Crippen molar-refractivity contribution in [3.8, 4) is 28.7 Å². The number of methoxy groups -OCH3 is 3. The number of nitrogens with zero attached hydrogens (tertiary/aromatic N) is 4. The van der Waals surface area contributed by atoms with Gasteiger partial charge in [-0.3, -0.25) is 4.68 Å². The molecule has 0 radical (unpaired) electrons. The van der Waals surface area contributed by atoms with Gasteiger partial charge in [0, 0.05) is 17.5 Å². The van der Waals surface area contributed by atoms with Crippen LogP contribution in [0.2, 0.25) is 0 Å². The fourth-order valence-electron chi connectivity index (χ4n) is 3.51. The van der Waals surface area contributed by atoms with Crippen LogP contribution in [0.4, 0.5) is 0 Å². The molecule has 10 nitrogen and oxygen atoms in total. The monoisotopic (exact) mass is 486 g/mol. The highest BCUT2D eigenvalue weighted by molar-refractivity contribution is 7.20. The average molecular weight is 487 g/mol. The quantitative estimate of drug-likeness (QED) is 0.316. The third-order valence-electron chi connectivity index (χ3n) is 5.05. The van der Waals surface area contributed by atoms with Crippen molar-refractivity contribution in [2.75, 3.05) is 21.3 Å². The molecular formula is C23H26N4O6S. The lowest BCUT2D eigenvalue weighted by Gasteiger charge is -2.12. The molecule has 4 rings (SSSR count). The second-order valence-corrected chi connectivity index (χ2v) is 9.01. The number of aryl methyl sites for hydroxylation is 1. The van der Waals surface area contributed by atoms with Crippen LogP contribution >= 0.6 is 11.3 Å². The maximum atomic E-state index is 12.7. The van der Waals surface area contributed by atoms with Gasteiger partial charge in [-0.15, -0.1) is 21.5 Å². The highest BCUT2D eigenvalue weighted by Crippen LogP contribution is 2.41. The maximum Gasteiger partial charge on any atom is 0.348 e. The molecule has 0 aliphatic heterocycles. The molecule has 0 saturated carbocycles. The van der Waals surface area contributed by atoms with Crippen LogP contribution in [0.5, 0.6) is 17.2 Å². The first kappa shape index (κ1) is 23.6. The molecule has 4 aromatic rings. The van der Waals surface area contributed by atoms with E-state index in [9.17, 15) is 4.79 Å². The van der Waals surface area contributed by atoms with Gasteiger partial charge in [0.1, 0.15) is 9.71 Å². The van der Waals surface area contributed by atoms with Crippen molar-refractivity contribution in [1.29, 1.82) is 0 Å². The van der Waals surface area contributed by atoms with Crippen LogP contribution in [0.1, 0.15) is 35.1 Å². The minimum absolute atomic E-state index is 0.151. The van der Waals surface area contributed by atoms with Crippen LogP contribution in [-0.4, -0.2) is 47.3 Å². The summed E-state index contributed by atoms with van der Waals surface area (Å²) in [6.45, 7) is 6.82. The smallest absolute Gasteiger partial charge is 0.348 e. The van der Waals surface area contributed by atoms with Crippen molar-refractivity contribution in [3.05, 3.63) is 34.7 Å². The van der Waals surface area contributed by atoms with Crippen LogP contribution in [0.25, 0.3) is 21.7 Å². The van der Waals surface area contributed by atoms with Gasteiger partial charge in [-0.25, -0.2) is 4.79 Å². The molecule has 180 valence electrons. The summed E-state index contributed by atoms with van der Waals surface area (Å²) in [4.78, 5) is 14.1. The Morgan fingerprint density at radius 1 is 1.09 bits per heavy atom. The Bertz CT molecular complexity index is 1300. The van der Waals surface area contributed by atoms with Gasteiger partial charge in [-0.1, -0.05) is 13.8 Å². The van der Waals surface area contributed by atoms with Crippen LogP contribution in [0, 0.1) is 12.8 Å². The molecule has 34 heavy (non-hydrogen) atoms. The Morgan fingerprint density at radius 2 is 1.79 bits per heavy atom. The van der Waals surface area contributed by atoms with Crippen molar-refractivity contribution in [3.63, 3.8) is 0 Å². The van der Waals surface area contributed by atoms with Gasteiger partial charge in [0.05, 0.1) is 27.0 Å². The van der Waals surface area contributed by atoms with Crippen molar-refractivity contribution in [2.24, 2.45) is 5.92 Å². The van der Waals surface area contributed by atoms with Gasteiger partial charge >= 0.3 is 5.97 Å². The minimum atomic E-state index is -0.454. The molecule has 0 aliphatic carbocycles. The zero-order valence-electron chi connectivity index (χ0n) is 19.9. The number of rotatable bonds is 9. The third-order valence-corrected chi connectivity index (χ3v) is 6.18. The molecule has 0 bridgehead atoms. The lowest BCUT2D eigenvalue weighted by atomic mass is 10.2. The fourth-order valence-corrected chi connectivity index (χ4v) is 4.58. The Labute approximate surface area is 200 Å². The first-order valence-corrected chi connectivity index (χ1v) is 11.4. The van der Waals surface area contributed by atoms with E-state index in [2.05, 4.69) is 29.1 Å². The lowest BCUT2D eigenvalue weighted by molar-refractivity contribution is 0.0444. The third kappa shape index (κ3) is 4.56. The van der Waals surface area contributed by atoms with E-state index >= 15 is 0 Å². The van der Waals surface area contributed by atoms with E-state index in [1.165, 1.54) is 32.7 Å². The second-order valence-electron chi connectivity index (χ2n) is 7.98. The number of hydrogen-bond donors (Lipinski definition) is 0. The van der Waals surface area contributed by atoms with E-state index in [0.717, 1.165) is 22.5 Å². The van der Waals surface area contributed by atoms with E-state index in [0.29, 0.717) is 33.6 Å². The van der Waals surface area contributed by atoms with Gasteiger partial charge in [0.25, 0.3) is 5.89 Å². The largest absolute Gasteiger partial charge is 0.493 e. The first-order chi connectivity index (χ1) is 16.3. The summed E-state index contributed by atoms with van der Waals surface area (Å²) in [6, 6.07) is 5.21. The number of carbonyl (C=O) groups is 1. The topological polar surface area (TPSA) is 111 Å². The summed E-state index contributed by atoms with van der Waals surface area (Å²) in [7, 11) is 4.57. The van der Waals surface area contributed by atoms with E-state index < -0.39 is 5.97 Å².